The van der Waals surface area contributed by atoms with Gasteiger partial charge in [-0.05, 0) is 31.2 Å². The number of esters is 1. The van der Waals surface area contributed by atoms with Gasteiger partial charge in [0.1, 0.15) is 11.9 Å². The number of rotatable bonds is 5. The first-order valence-corrected chi connectivity index (χ1v) is 7.03. The number of methoxy groups -OCH3 is 1. The van der Waals surface area contributed by atoms with E-state index in [9.17, 15) is 9.59 Å². The fourth-order valence-corrected chi connectivity index (χ4v) is 2.34. The van der Waals surface area contributed by atoms with Gasteiger partial charge in [0.05, 0.1) is 18.2 Å². The van der Waals surface area contributed by atoms with Crippen molar-refractivity contribution in [1.29, 1.82) is 0 Å². The molecule has 2 aromatic rings. The summed E-state index contributed by atoms with van der Waals surface area (Å²) in [6, 6.07) is 11.9. The monoisotopic (exact) mass is 318 g/mol. The van der Waals surface area contributed by atoms with Crippen molar-refractivity contribution >= 4 is 23.9 Å². The van der Waals surface area contributed by atoms with Gasteiger partial charge in [0.2, 0.25) is 0 Å². The van der Waals surface area contributed by atoms with E-state index >= 15 is 0 Å². The molecule has 0 radical (unpaired) electrons. The summed E-state index contributed by atoms with van der Waals surface area (Å²) in [6.07, 6.45) is 0.303. The third-order valence-corrected chi connectivity index (χ3v) is 3.55. The number of hydrogen-bond acceptors (Lipinski definition) is 4. The Hall–Kier alpha value is -2.33. The first kappa shape index (κ1) is 16.0. The van der Waals surface area contributed by atoms with E-state index in [0.29, 0.717) is 22.6 Å². The lowest BCUT2D eigenvalue weighted by Crippen LogP contribution is -2.07. The van der Waals surface area contributed by atoms with Crippen LogP contribution in [0.2, 0.25) is 5.02 Å². The van der Waals surface area contributed by atoms with Gasteiger partial charge in [0.25, 0.3) is 0 Å². The standard InChI is InChI=1S/C17H15ClO4/c1-11(14-5-3-4-6-15(14)18)22-16-8-7-12(17(20)21-2)9-13(16)10-19/h3-11H,1-2H3. The van der Waals surface area contributed by atoms with Gasteiger partial charge in [-0.1, -0.05) is 29.8 Å². The predicted octanol–water partition coefficient (Wildman–Crippen LogP) is 4.08. The average Bonchev–Trinajstić information content (AvgIpc) is 2.54. The molecule has 4 nitrogen and oxygen atoms in total. The zero-order valence-electron chi connectivity index (χ0n) is 12.2. The van der Waals surface area contributed by atoms with Crippen molar-refractivity contribution in [2.45, 2.75) is 13.0 Å². The summed E-state index contributed by atoms with van der Waals surface area (Å²) in [5, 5.41) is 0.592. The summed E-state index contributed by atoms with van der Waals surface area (Å²) in [7, 11) is 1.28. The summed E-state index contributed by atoms with van der Waals surface area (Å²) >= 11 is 6.13. The van der Waals surface area contributed by atoms with Crippen molar-refractivity contribution < 1.29 is 19.1 Å². The van der Waals surface area contributed by atoms with E-state index in [2.05, 4.69) is 4.74 Å². The van der Waals surface area contributed by atoms with Gasteiger partial charge in [-0.25, -0.2) is 4.79 Å². The molecular weight excluding hydrogens is 304 g/mol. The molecule has 0 saturated heterocycles. The first-order chi connectivity index (χ1) is 10.6. The predicted molar refractivity (Wildman–Crippen MR) is 83.7 cm³/mol. The summed E-state index contributed by atoms with van der Waals surface area (Å²) in [5.74, 6) is -0.121. The molecule has 0 aliphatic heterocycles. The maximum absolute atomic E-state index is 11.5. The van der Waals surface area contributed by atoms with Gasteiger partial charge in [0, 0.05) is 10.6 Å². The van der Waals surface area contributed by atoms with Gasteiger partial charge in [-0.3, -0.25) is 4.79 Å². The van der Waals surface area contributed by atoms with Crippen LogP contribution in [0.5, 0.6) is 5.75 Å². The van der Waals surface area contributed by atoms with Crippen LogP contribution in [0.1, 0.15) is 39.3 Å². The zero-order chi connectivity index (χ0) is 16.1. The van der Waals surface area contributed by atoms with Gasteiger partial charge < -0.3 is 9.47 Å². The Morgan fingerprint density at radius 3 is 2.59 bits per heavy atom. The van der Waals surface area contributed by atoms with E-state index in [-0.39, 0.29) is 11.7 Å². The second-order valence-corrected chi connectivity index (χ2v) is 5.05. The third kappa shape index (κ3) is 3.46. The highest BCUT2D eigenvalue weighted by atomic mass is 35.5. The Morgan fingerprint density at radius 1 is 1.23 bits per heavy atom. The first-order valence-electron chi connectivity index (χ1n) is 6.65. The van der Waals surface area contributed by atoms with Crippen LogP contribution in [-0.2, 0) is 4.74 Å². The Kier molecular flexibility index (Phi) is 5.17. The molecule has 0 spiro atoms. The van der Waals surface area contributed by atoms with Crippen LogP contribution in [0.25, 0.3) is 0 Å². The summed E-state index contributed by atoms with van der Waals surface area (Å²) in [6.45, 7) is 1.84. The zero-order valence-corrected chi connectivity index (χ0v) is 13.0. The molecule has 0 saturated carbocycles. The third-order valence-electron chi connectivity index (χ3n) is 3.20. The molecule has 114 valence electrons. The normalized spacial score (nSPS) is 11.6. The van der Waals surface area contributed by atoms with Crippen LogP contribution in [0, 0.1) is 0 Å². The number of aldehydes is 1. The molecule has 0 heterocycles. The Morgan fingerprint density at radius 2 is 1.95 bits per heavy atom. The van der Waals surface area contributed by atoms with Gasteiger partial charge >= 0.3 is 5.97 Å². The number of carbonyl (C=O) groups is 2. The van der Waals surface area contributed by atoms with Crippen LogP contribution in [-0.4, -0.2) is 19.4 Å². The van der Waals surface area contributed by atoms with Gasteiger partial charge in [-0.15, -0.1) is 0 Å². The van der Waals surface area contributed by atoms with E-state index in [1.54, 1.807) is 18.2 Å². The SMILES string of the molecule is COC(=O)c1ccc(OC(C)c2ccccc2Cl)c(C=O)c1. The summed E-state index contributed by atoms with van der Waals surface area (Å²) in [5.41, 5.74) is 1.39. The number of carbonyl (C=O) groups excluding carboxylic acids is 2. The summed E-state index contributed by atoms with van der Waals surface area (Å²) < 4.78 is 10.4. The minimum atomic E-state index is -0.506. The Bertz CT molecular complexity index is 697. The van der Waals surface area contributed by atoms with Crippen LogP contribution >= 0.6 is 11.6 Å². The van der Waals surface area contributed by atoms with Crippen molar-refractivity contribution in [3.8, 4) is 5.75 Å². The summed E-state index contributed by atoms with van der Waals surface area (Å²) in [4.78, 5) is 22.7. The van der Waals surface area contributed by atoms with E-state index in [0.717, 1.165) is 5.56 Å². The fourth-order valence-electron chi connectivity index (χ4n) is 2.05. The van der Waals surface area contributed by atoms with Crippen molar-refractivity contribution in [2.75, 3.05) is 7.11 Å². The lowest BCUT2D eigenvalue weighted by molar-refractivity contribution is 0.0600. The second-order valence-electron chi connectivity index (χ2n) is 4.64. The Balaban J connectivity index is 2.28. The fraction of sp³-hybridized carbons (Fsp3) is 0.176. The lowest BCUT2D eigenvalue weighted by Gasteiger charge is -2.17. The molecule has 0 amide bonds. The molecule has 1 atom stereocenters. The molecule has 0 aliphatic rings. The molecular formula is C17H15ClO4. The van der Waals surface area contributed by atoms with E-state index < -0.39 is 5.97 Å². The smallest absolute Gasteiger partial charge is 0.337 e. The van der Waals surface area contributed by atoms with E-state index in [4.69, 9.17) is 16.3 Å². The maximum Gasteiger partial charge on any atom is 0.337 e. The van der Waals surface area contributed by atoms with Crippen LogP contribution in [0.15, 0.2) is 42.5 Å². The number of ether oxygens (including phenoxy) is 2. The number of halogens is 1. The molecule has 22 heavy (non-hydrogen) atoms. The molecule has 0 aliphatic carbocycles. The highest BCUT2D eigenvalue weighted by Crippen LogP contribution is 2.29. The minimum absolute atomic E-state index is 0.279. The second kappa shape index (κ2) is 7.09. The molecule has 0 aromatic heterocycles. The van der Waals surface area contributed by atoms with Gasteiger partial charge in [0.15, 0.2) is 6.29 Å². The van der Waals surface area contributed by atoms with E-state index in [1.807, 2.05) is 25.1 Å². The van der Waals surface area contributed by atoms with Crippen molar-refractivity contribution in [3.63, 3.8) is 0 Å². The number of benzene rings is 2. The van der Waals surface area contributed by atoms with Crippen molar-refractivity contribution in [3.05, 3.63) is 64.2 Å². The van der Waals surface area contributed by atoms with E-state index in [1.165, 1.54) is 13.2 Å². The van der Waals surface area contributed by atoms with Crippen LogP contribution in [0.3, 0.4) is 0 Å². The van der Waals surface area contributed by atoms with Crippen molar-refractivity contribution in [2.24, 2.45) is 0 Å². The molecule has 1 unspecified atom stereocenters. The van der Waals surface area contributed by atoms with Crippen LogP contribution < -0.4 is 4.74 Å². The highest BCUT2D eigenvalue weighted by Gasteiger charge is 2.15. The molecule has 0 bridgehead atoms. The molecule has 2 aromatic carbocycles. The minimum Gasteiger partial charge on any atom is -0.485 e. The molecule has 0 fully saturated rings. The molecule has 5 heteroatoms. The molecule has 0 N–H and O–H groups in total. The highest BCUT2D eigenvalue weighted by molar-refractivity contribution is 6.31. The topological polar surface area (TPSA) is 52.6 Å². The number of hydrogen-bond donors (Lipinski definition) is 0. The van der Waals surface area contributed by atoms with Crippen LogP contribution in [0.4, 0.5) is 0 Å². The van der Waals surface area contributed by atoms with Gasteiger partial charge in [-0.2, -0.15) is 0 Å². The lowest BCUT2D eigenvalue weighted by atomic mass is 10.1. The average molecular weight is 319 g/mol. The molecule has 2 rings (SSSR count). The van der Waals surface area contributed by atoms with Crippen molar-refractivity contribution in [1.82, 2.24) is 0 Å². The quantitative estimate of drug-likeness (QED) is 0.615. The maximum atomic E-state index is 11.5. The Labute approximate surface area is 133 Å². The largest absolute Gasteiger partial charge is 0.485 e.